The zero-order chi connectivity index (χ0) is 30.9. The molecule has 5 rings (SSSR count). The predicted octanol–water partition coefficient (Wildman–Crippen LogP) is 4.87. The van der Waals surface area contributed by atoms with E-state index < -0.39 is 12.1 Å². The van der Waals surface area contributed by atoms with Crippen molar-refractivity contribution in [1.29, 1.82) is 0 Å². The van der Waals surface area contributed by atoms with Gasteiger partial charge in [0.1, 0.15) is 0 Å². The van der Waals surface area contributed by atoms with Crippen molar-refractivity contribution in [1.82, 2.24) is 15.5 Å². The molecule has 2 aromatic rings. The standard InChI is InChI=1S/C35H49N5O4/c1-2-38(35(44)36-28-15-7-4-8-16-28)25-32(41)31(21-26-13-5-3-6-14-26)37-34(43)27-22-29(39-18-11-12-19-39)24-30(23-27)40-20-10-9-17-33(40)42/h3,5-6,13-14,22-24,28,31-32,41H,2,4,7-12,15-21,25H2,1H3,(H,36,44)(H,37,43). The van der Waals surface area contributed by atoms with E-state index >= 15 is 0 Å². The first-order valence-electron chi connectivity index (χ1n) is 16.7. The van der Waals surface area contributed by atoms with Crippen LogP contribution in [-0.2, 0) is 11.2 Å². The fourth-order valence-corrected chi connectivity index (χ4v) is 6.74. The summed E-state index contributed by atoms with van der Waals surface area (Å²) in [5.74, 6) is -0.212. The van der Waals surface area contributed by atoms with E-state index in [0.29, 0.717) is 31.5 Å². The van der Waals surface area contributed by atoms with Gasteiger partial charge in [0.2, 0.25) is 5.91 Å². The molecule has 4 amide bonds. The van der Waals surface area contributed by atoms with Crippen LogP contribution in [0.5, 0.6) is 0 Å². The summed E-state index contributed by atoms with van der Waals surface area (Å²) in [6.45, 7) is 4.95. The fourth-order valence-electron chi connectivity index (χ4n) is 6.74. The fraction of sp³-hybridized carbons (Fsp3) is 0.571. The lowest BCUT2D eigenvalue weighted by Gasteiger charge is -2.32. The minimum Gasteiger partial charge on any atom is -0.389 e. The first-order chi connectivity index (χ1) is 21.4. The number of amides is 4. The van der Waals surface area contributed by atoms with Crippen molar-refractivity contribution in [3.8, 4) is 0 Å². The van der Waals surface area contributed by atoms with E-state index in [1.54, 1.807) is 15.9 Å². The van der Waals surface area contributed by atoms with Gasteiger partial charge in [0, 0.05) is 55.6 Å². The first-order valence-corrected chi connectivity index (χ1v) is 16.7. The molecule has 44 heavy (non-hydrogen) atoms. The molecule has 3 N–H and O–H groups in total. The lowest BCUT2D eigenvalue weighted by Crippen LogP contribution is -2.53. The summed E-state index contributed by atoms with van der Waals surface area (Å²) in [7, 11) is 0. The second-order valence-corrected chi connectivity index (χ2v) is 12.6. The molecule has 1 saturated carbocycles. The number of likely N-dealkylation sites (N-methyl/N-ethyl adjacent to an activating group) is 1. The van der Waals surface area contributed by atoms with Gasteiger partial charge in [-0.1, -0.05) is 49.6 Å². The molecule has 2 aromatic carbocycles. The minimum atomic E-state index is -0.985. The quantitative estimate of drug-likeness (QED) is 0.340. The summed E-state index contributed by atoms with van der Waals surface area (Å²) in [6.07, 6.45) is 9.40. The normalized spacial score (nSPS) is 19.0. The van der Waals surface area contributed by atoms with E-state index in [-0.39, 0.29) is 30.4 Å². The molecule has 238 valence electrons. The molecule has 9 heteroatoms. The SMILES string of the molecule is CCN(CC(O)C(Cc1ccccc1)NC(=O)c1cc(N2CCCC2)cc(N2CCCCC2=O)c1)C(=O)NC1CCCCC1. The van der Waals surface area contributed by atoms with Crippen molar-refractivity contribution in [2.75, 3.05) is 42.5 Å². The molecule has 2 heterocycles. The van der Waals surface area contributed by atoms with E-state index in [1.165, 1.54) is 6.42 Å². The van der Waals surface area contributed by atoms with E-state index in [2.05, 4.69) is 15.5 Å². The van der Waals surface area contributed by atoms with Gasteiger partial charge in [0.05, 0.1) is 18.7 Å². The highest BCUT2D eigenvalue weighted by molar-refractivity contribution is 6.00. The Labute approximate surface area is 262 Å². The van der Waals surface area contributed by atoms with Crippen molar-refractivity contribution in [2.45, 2.75) is 95.7 Å². The van der Waals surface area contributed by atoms with E-state index in [1.807, 2.05) is 49.4 Å². The van der Waals surface area contributed by atoms with Crippen LogP contribution >= 0.6 is 0 Å². The number of carbonyl (C=O) groups is 3. The number of anilines is 2. The largest absolute Gasteiger partial charge is 0.389 e. The number of benzene rings is 2. The number of nitrogens with one attached hydrogen (secondary N) is 2. The van der Waals surface area contributed by atoms with Crippen molar-refractivity contribution >= 4 is 29.2 Å². The average Bonchev–Trinajstić information content (AvgIpc) is 3.59. The number of hydrogen-bond acceptors (Lipinski definition) is 5. The number of aliphatic hydroxyl groups excluding tert-OH is 1. The Balaban J connectivity index is 1.36. The van der Waals surface area contributed by atoms with Gasteiger partial charge < -0.3 is 30.4 Å². The van der Waals surface area contributed by atoms with Gasteiger partial charge in [-0.05, 0) is 75.6 Å². The molecule has 9 nitrogen and oxygen atoms in total. The van der Waals surface area contributed by atoms with Crippen LogP contribution < -0.4 is 20.4 Å². The number of piperidine rings is 1. The van der Waals surface area contributed by atoms with Gasteiger partial charge in [0.15, 0.2) is 0 Å². The average molecular weight is 604 g/mol. The topological polar surface area (TPSA) is 105 Å². The van der Waals surface area contributed by atoms with Gasteiger partial charge in [0.25, 0.3) is 5.91 Å². The number of hydrogen-bond donors (Lipinski definition) is 3. The Bertz CT molecular complexity index is 1260. The Morgan fingerprint density at radius 3 is 2.34 bits per heavy atom. The molecular formula is C35H49N5O4. The van der Waals surface area contributed by atoms with Gasteiger partial charge in [-0.25, -0.2) is 4.79 Å². The third-order valence-electron chi connectivity index (χ3n) is 9.36. The second kappa shape index (κ2) is 15.4. The number of nitrogens with zero attached hydrogens (tertiary/aromatic N) is 3. The van der Waals surface area contributed by atoms with Crippen LogP contribution in [0, 0.1) is 0 Å². The maximum Gasteiger partial charge on any atom is 0.317 e. The number of rotatable bonds is 11. The van der Waals surface area contributed by atoms with Crippen LogP contribution in [0.2, 0.25) is 0 Å². The van der Waals surface area contributed by atoms with Crippen molar-refractivity contribution in [3.05, 3.63) is 59.7 Å². The summed E-state index contributed by atoms with van der Waals surface area (Å²) in [5.41, 5.74) is 3.15. The highest BCUT2D eigenvalue weighted by Gasteiger charge is 2.29. The molecular weight excluding hydrogens is 554 g/mol. The summed E-state index contributed by atoms with van der Waals surface area (Å²) in [4.78, 5) is 45.7. The molecule has 2 atom stereocenters. The van der Waals surface area contributed by atoms with Gasteiger partial charge >= 0.3 is 6.03 Å². The molecule has 0 spiro atoms. The predicted molar refractivity (Wildman–Crippen MR) is 174 cm³/mol. The zero-order valence-corrected chi connectivity index (χ0v) is 26.2. The summed E-state index contributed by atoms with van der Waals surface area (Å²) >= 11 is 0. The molecule has 3 aliphatic rings. The van der Waals surface area contributed by atoms with Crippen LogP contribution in [0.25, 0.3) is 0 Å². The molecule has 2 saturated heterocycles. The Kier molecular flexibility index (Phi) is 11.2. The highest BCUT2D eigenvalue weighted by Crippen LogP contribution is 2.30. The Hall–Kier alpha value is -3.59. The van der Waals surface area contributed by atoms with E-state index in [9.17, 15) is 19.5 Å². The molecule has 2 aliphatic heterocycles. The minimum absolute atomic E-state index is 0.0877. The Morgan fingerprint density at radius 1 is 0.932 bits per heavy atom. The Morgan fingerprint density at radius 2 is 1.64 bits per heavy atom. The summed E-state index contributed by atoms with van der Waals surface area (Å²) in [5, 5.41) is 17.8. The summed E-state index contributed by atoms with van der Waals surface area (Å²) < 4.78 is 0. The van der Waals surface area contributed by atoms with Crippen LogP contribution in [0.3, 0.4) is 0 Å². The number of aliphatic hydroxyl groups is 1. The zero-order valence-electron chi connectivity index (χ0n) is 26.2. The lowest BCUT2D eigenvalue weighted by molar-refractivity contribution is -0.119. The third-order valence-corrected chi connectivity index (χ3v) is 9.36. The summed E-state index contributed by atoms with van der Waals surface area (Å²) in [6, 6.07) is 14.9. The number of urea groups is 1. The second-order valence-electron chi connectivity index (χ2n) is 12.6. The maximum atomic E-state index is 13.9. The smallest absolute Gasteiger partial charge is 0.317 e. The molecule has 0 aromatic heterocycles. The van der Waals surface area contributed by atoms with E-state index in [4.69, 9.17) is 0 Å². The van der Waals surface area contributed by atoms with Crippen LogP contribution in [-0.4, -0.2) is 78.8 Å². The van der Waals surface area contributed by atoms with Gasteiger partial charge in [-0.2, -0.15) is 0 Å². The van der Waals surface area contributed by atoms with Crippen LogP contribution in [0.4, 0.5) is 16.2 Å². The molecule has 0 bridgehead atoms. The monoisotopic (exact) mass is 603 g/mol. The molecule has 2 unspecified atom stereocenters. The lowest BCUT2D eigenvalue weighted by atomic mass is 9.96. The molecule has 3 fully saturated rings. The van der Waals surface area contributed by atoms with Crippen LogP contribution in [0.1, 0.15) is 87.1 Å². The van der Waals surface area contributed by atoms with Crippen molar-refractivity contribution < 1.29 is 19.5 Å². The van der Waals surface area contributed by atoms with Gasteiger partial charge in [-0.15, -0.1) is 0 Å². The van der Waals surface area contributed by atoms with E-state index in [0.717, 1.165) is 81.4 Å². The third kappa shape index (κ3) is 8.31. The first kappa shape index (κ1) is 31.8. The van der Waals surface area contributed by atoms with Crippen LogP contribution in [0.15, 0.2) is 48.5 Å². The molecule has 1 aliphatic carbocycles. The maximum absolute atomic E-state index is 13.9. The van der Waals surface area contributed by atoms with Crippen molar-refractivity contribution in [2.24, 2.45) is 0 Å². The van der Waals surface area contributed by atoms with Gasteiger partial charge in [-0.3, -0.25) is 9.59 Å². The number of carbonyl (C=O) groups excluding carboxylic acids is 3. The van der Waals surface area contributed by atoms with Crippen molar-refractivity contribution in [3.63, 3.8) is 0 Å². The highest BCUT2D eigenvalue weighted by atomic mass is 16.3. The molecule has 0 radical (unpaired) electrons.